The summed E-state index contributed by atoms with van der Waals surface area (Å²) in [5, 5.41) is 0. The molecule has 4 rings (SSSR count). The van der Waals surface area contributed by atoms with Crippen molar-refractivity contribution < 1.29 is 17.9 Å². The maximum atomic E-state index is 13.6. The number of hydrogen-bond acceptors (Lipinski definition) is 4. The molecule has 0 radical (unpaired) electrons. The van der Waals surface area contributed by atoms with Gasteiger partial charge in [0.1, 0.15) is 5.75 Å². The van der Waals surface area contributed by atoms with E-state index in [9.17, 15) is 13.2 Å². The zero-order valence-corrected chi connectivity index (χ0v) is 21.1. The molecule has 0 atom stereocenters. The summed E-state index contributed by atoms with van der Waals surface area (Å²) in [5.41, 5.74) is 5.70. The van der Waals surface area contributed by atoms with Crippen molar-refractivity contribution in [2.24, 2.45) is 5.92 Å². The van der Waals surface area contributed by atoms with Crippen LogP contribution in [0.25, 0.3) is 0 Å². The highest BCUT2D eigenvalue weighted by Crippen LogP contribution is 2.35. The molecule has 0 spiro atoms. The highest BCUT2D eigenvalue weighted by molar-refractivity contribution is 7.89. The molecule has 0 aliphatic carbocycles. The Kier molecular flexibility index (Phi) is 6.56. The number of nitrogens with zero attached hydrogens (tertiary/aromatic N) is 2. The number of methoxy groups -OCH3 is 1. The molecule has 0 saturated carbocycles. The van der Waals surface area contributed by atoms with E-state index in [1.807, 2.05) is 56.9 Å². The Morgan fingerprint density at radius 1 is 0.970 bits per heavy atom. The van der Waals surface area contributed by atoms with Gasteiger partial charge in [0.15, 0.2) is 0 Å². The van der Waals surface area contributed by atoms with E-state index in [1.165, 1.54) is 0 Å². The Balaban J connectivity index is 1.51. The van der Waals surface area contributed by atoms with Crippen molar-refractivity contribution in [3.05, 3.63) is 52.1 Å². The predicted octanol–water partition coefficient (Wildman–Crippen LogP) is 4.31. The van der Waals surface area contributed by atoms with Crippen LogP contribution >= 0.6 is 0 Å². The van der Waals surface area contributed by atoms with Crippen LogP contribution in [0.3, 0.4) is 0 Å². The van der Waals surface area contributed by atoms with Crippen molar-refractivity contribution in [2.45, 2.75) is 58.3 Å². The molecule has 178 valence electrons. The summed E-state index contributed by atoms with van der Waals surface area (Å²) >= 11 is 0. The number of carbonyl (C=O) groups excluding carboxylic acids is 1. The van der Waals surface area contributed by atoms with Crippen LogP contribution in [-0.4, -0.2) is 45.4 Å². The third-order valence-corrected chi connectivity index (χ3v) is 9.54. The largest absolute Gasteiger partial charge is 0.497 e. The summed E-state index contributed by atoms with van der Waals surface area (Å²) in [6.07, 6.45) is 2.94. The van der Waals surface area contributed by atoms with Crippen molar-refractivity contribution in [1.82, 2.24) is 4.31 Å². The lowest BCUT2D eigenvalue weighted by atomic mass is 9.94. The van der Waals surface area contributed by atoms with Crippen LogP contribution in [0.4, 0.5) is 5.69 Å². The van der Waals surface area contributed by atoms with Crippen LogP contribution in [0.5, 0.6) is 5.75 Å². The first kappa shape index (κ1) is 23.8. The summed E-state index contributed by atoms with van der Waals surface area (Å²) in [4.78, 5) is 15.7. The number of benzene rings is 2. The zero-order chi connectivity index (χ0) is 23.9. The number of aryl methyl sites for hydroxylation is 3. The SMILES string of the molecule is COc1ccc2c(c1)CCCN2C(=O)C1CCN(S(=O)(=O)c2c(C)c(C)cc(C)c2C)CC1. The van der Waals surface area contributed by atoms with E-state index in [4.69, 9.17) is 4.74 Å². The van der Waals surface area contributed by atoms with Crippen LogP contribution in [-0.2, 0) is 21.2 Å². The van der Waals surface area contributed by atoms with E-state index < -0.39 is 10.0 Å². The van der Waals surface area contributed by atoms with E-state index in [0.717, 1.165) is 52.1 Å². The zero-order valence-electron chi connectivity index (χ0n) is 20.3. The molecule has 0 N–H and O–H groups in total. The number of rotatable bonds is 4. The topological polar surface area (TPSA) is 66.9 Å². The van der Waals surface area contributed by atoms with E-state index in [0.29, 0.717) is 37.4 Å². The lowest BCUT2D eigenvalue weighted by molar-refractivity contribution is -0.123. The quantitative estimate of drug-likeness (QED) is 0.668. The molecule has 2 aromatic carbocycles. The van der Waals surface area contributed by atoms with Crippen LogP contribution in [0.1, 0.15) is 47.1 Å². The summed E-state index contributed by atoms with van der Waals surface area (Å²) in [6.45, 7) is 9.12. The maximum absolute atomic E-state index is 13.6. The molecule has 1 amide bonds. The smallest absolute Gasteiger partial charge is 0.243 e. The molecule has 2 aliphatic heterocycles. The van der Waals surface area contributed by atoms with Crippen molar-refractivity contribution >= 4 is 21.6 Å². The third kappa shape index (κ3) is 4.28. The van der Waals surface area contributed by atoms with Gasteiger partial charge in [-0.2, -0.15) is 4.31 Å². The predicted molar refractivity (Wildman–Crippen MR) is 131 cm³/mol. The van der Waals surface area contributed by atoms with Gasteiger partial charge in [-0.1, -0.05) is 6.07 Å². The van der Waals surface area contributed by atoms with Gasteiger partial charge in [-0.25, -0.2) is 8.42 Å². The number of anilines is 1. The summed E-state index contributed by atoms with van der Waals surface area (Å²) in [6, 6.07) is 7.92. The molecule has 0 unspecified atom stereocenters. The van der Waals surface area contributed by atoms with E-state index >= 15 is 0 Å². The molecule has 1 saturated heterocycles. The molecule has 1 fully saturated rings. The van der Waals surface area contributed by atoms with Crippen LogP contribution in [0.2, 0.25) is 0 Å². The van der Waals surface area contributed by atoms with Crippen molar-refractivity contribution in [1.29, 1.82) is 0 Å². The molecule has 2 aromatic rings. The van der Waals surface area contributed by atoms with Crippen LogP contribution in [0.15, 0.2) is 29.2 Å². The minimum atomic E-state index is -3.60. The van der Waals surface area contributed by atoms with Gasteiger partial charge in [0.05, 0.1) is 12.0 Å². The second-order valence-electron chi connectivity index (χ2n) is 9.36. The van der Waals surface area contributed by atoms with Crippen LogP contribution < -0.4 is 9.64 Å². The van der Waals surface area contributed by atoms with Gasteiger partial charge < -0.3 is 9.64 Å². The third-order valence-electron chi connectivity index (χ3n) is 7.37. The molecule has 0 aromatic heterocycles. The van der Waals surface area contributed by atoms with Crippen molar-refractivity contribution in [3.63, 3.8) is 0 Å². The van der Waals surface area contributed by atoms with E-state index in [1.54, 1.807) is 11.4 Å². The monoisotopic (exact) mass is 470 g/mol. The first-order valence-corrected chi connectivity index (χ1v) is 13.1. The number of hydrogen-bond donors (Lipinski definition) is 0. The first-order valence-electron chi connectivity index (χ1n) is 11.7. The average molecular weight is 471 g/mol. The molecule has 7 heteroatoms. The van der Waals surface area contributed by atoms with Gasteiger partial charge in [-0.15, -0.1) is 0 Å². The number of piperidine rings is 1. The molecule has 33 heavy (non-hydrogen) atoms. The second kappa shape index (κ2) is 9.11. The van der Waals surface area contributed by atoms with E-state index in [2.05, 4.69) is 0 Å². The fourth-order valence-corrected chi connectivity index (χ4v) is 7.24. The number of carbonyl (C=O) groups is 1. The summed E-state index contributed by atoms with van der Waals surface area (Å²) < 4.78 is 34.0. The first-order chi connectivity index (χ1) is 15.6. The highest BCUT2D eigenvalue weighted by Gasteiger charge is 2.36. The van der Waals surface area contributed by atoms with Gasteiger partial charge in [0.2, 0.25) is 15.9 Å². The lowest BCUT2D eigenvalue weighted by Crippen LogP contribution is -2.46. The average Bonchev–Trinajstić information content (AvgIpc) is 2.81. The lowest BCUT2D eigenvalue weighted by Gasteiger charge is -2.36. The Labute approximate surface area is 197 Å². The summed E-state index contributed by atoms with van der Waals surface area (Å²) in [7, 11) is -1.96. The Hall–Kier alpha value is -2.38. The molecule has 2 heterocycles. The highest BCUT2D eigenvalue weighted by atomic mass is 32.2. The maximum Gasteiger partial charge on any atom is 0.243 e. The standard InChI is InChI=1S/C26H34N2O4S/c1-17-15-18(2)20(4)25(19(17)3)33(30,31)27-13-10-21(11-14-27)26(29)28-12-6-7-22-16-23(32-5)8-9-24(22)28/h8-9,15-16,21H,6-7,10-14H2,1-5H3. The number of ether oxygens (including phenoxy) is 1. The van der Waals surface area contributed by atoms with Gasteiger partial charge >= 0.3 is 0 Å². The minimum Gasteiger partial charge on any atom is -0.497 e. The molecule has 2 aliphatic rings. The van der Waals surface area contributed by atoms with Gasteiger partial charge in [0.25, 0.3) is 0 Å². The summed E-state index contributed by atoms with van der Waals surface area (Å²) in [5.74, 6) is 0.751. The Morgan fingerprint density at radius 3 is 2.21 bits per heavy atom. The van der Waals surface area contributed by atoms with Crippen molar-refractivity contribution in [3.8, 4) is 5.75 Å². The van der Waals surface area contributed by atoms with Gasteiger partial charge in [0, 0.05) is 31.2 Å². The fourth-order valence-electron chi connectivity index (χ4n) is 5.19. The van der Waals surface area contributed by atoms with Gasteiger partial charge in [-0.3, -0.25) is 4.79 Å². The molecule has 6 nitrogen and oxygen atoms in total. The Bertz CT molecular complexity index is 1160. The van der Waals surface area contributed by atoms with Gasteiger partial charge in [-0.05, 0) is 99.4 Å². The minimum absolute atomic E-state index is 0.108. The fraction of sp³-hybridized carbons (Fsp3) is 0.500. The molecular formula is C26H34N2O4S. The number of amides is 1. The Morgan fingerprint density at radius 2 is 1.61 bits per heavy atom. The second-order valence-corrected chi connectivity index (χ2v) is 11.2. The molecular weight excluding hydrogens is 436 g/mol. The number of fused-ring (bicyclic) bond motifs is 1. The van der Waals surface area contributed by atoms with Crippen LogP contribution in [0, 0.1) is 33.6 Å². The number of sulfonamides is 1. The normalized spacial score (nSPS) is 17.7. The molecule has 0 bridgehead atoms. The van der Waals surface area contributed by atoms with E-state index in [-0.39, 0.29) is 11.8 Å². The van der Waals surface area contributed by atoms with Crippen molar-refractivity contribution in [2.75, 3.05) is 31.6 Å².